The van der Waals surface area contributed by atoms with Gasteiger partial charge in [-0.25, -0.2) is 9.97 Å². The number of methoxy groups -OCH3 is 1. The molecule has 0 bridgehead atoms. The fraction of sp³-hybridized carbons (Fsp3) is 0.276. The van der Waals surface area contributed by atoms with Crippen molar-refractivity contribution in [2.45, 2.75) is 38.3 Å². The highest BCUT2D eigenvalue weighted by Gasteiger charge is 2.23. The van der Waals surface area contributed by atoms with Crippen LogP contribution in [-0.2, 0) is 11.3 Å². The van der Waals surface area contributed by atoms with Gasteiger partial charge in [0.05, 0.1) is 12.8 Å². The Morgan fingerprint density at radius 2 is 1.97 bits per heavy atom. The number of carbonyl (C=O) groups is 1. The molecule has 192 valence electrons. The van der Waals surface area contributed by atoms with Crippen molar-refractivity contribution >= 4 is 35.0 Å². The van der Waals surface area contributed by atoms with Crippen molar-refractivity contribution in [2.24, 2.45) is 11.7 Å². The Hall–Kier alpha value is -3.68. The Morgan fingerprint density at radius 3 is 2.68 bits per heavy atom. The molecule has 0 radical (unpaired) electrons. The van der Waals surface area contributed by atoms with Gasteiger partial charge < -0.3 is 20.1 Å². The van der Waals surface area contributed by atoms with Crippen molar-refractivity contribution in [1.29, 1.82) is 0 Å². The molecule has 7 nitrogen and oxygen atoms in total. The Balaban J connectivity index is 0.00000320. The molecular weight excluding hydrogens is 488 g/mol. The van der Waals surface area contributed by atoms with Crippen molar-refractivity contribution in [2.75, 3.05) is 7.11 Å². The second-order valence-electron chi connectivity index (χ2n) is 9.38. The predicted octanol–water partition coefficient (Wildman–Crippen LogP) is 5.56. The third-order valence-corrected chi connectivity index (χ3v) is 6.99. The van der Waals surface area contributed by atoms with Crippen LogP contribution in [0.25, 0.3) is 27.7 Å². The first-order chi connectivity index (χ1) is 17.5. The third-order valence-electron chi connectivity index (χ3n) is 6.99. The molecule has 0 aliphatic heterocycles. The summed E-state index contributed by atoms with van der Waals surface area (Å²) in [5.41, 5.74) is 12.3. The number of hydrogen-bond acceptors (Lipinski definition) is 5. The summed E-state index contributed by atoms with van der Waals surface area (Å²) in [4.78, 5) is 20.3. The van der Waals surface area contributed by atoms with E-state index in [4.69, 9.17) is 15.6 Å². The summed E-state index contributed by atoms with van der Waals surface area (Å²) < 4.78 is 7.50. The van der Waals surface area contributed by atoms with Gasteiger partial charge in [-0.05, 0) is 72.1 Å². The first-order valence-electron chi connectivity index (χ1n) is 12.2. The number of benzene rings is 2. The number of aromatic nitrogens is 3. The van der Waals surface area contributed by atoms with E-state index in [0.717, 1.165) is 52.9 Å². The van der Waals surface area contributed by atoms with Gasteiger partial charge in [0.2, 0.25) is 0 Å². The minimum Gasteiger partial charge on any atom is -0.497 e. The summed E-state index contributed by atoms with van der Waals surface area (Å²) in [5, 5.41) is 10.1. The van der Waals surface area contributed by atoms with Crippen LogP contribution in [0, 0.1) is 5.92 Å². The van der Waals surface area contributed by atoms with Gasteiger partial charge in [0.1, 0.15) is 23.8 Å². The molecule has 8 heteroatoms. The van der Waals surface area contributed by atoms with E-state index in [1.165, 1.54) is 11.1 Å². The summed E-state index contributed by atoms with van der Waals surface area (Å²) in [6, 6.07) is 17.9. The standard InChI is InChI=1S/C29H30N4O3.ClH/c1-36-24-4-2-3-23(16-24)21-9-7-20(8-10-21)17-33-14-13-25-27(31-18-32-28(25)33)22-11-5-19(6-12-22)15-26(30)29(34)35;/h2-4,7-11,13-14,16,18-19,26H,5-6,12,15,17,30H2,1H3,(H,34,35);1H. The van der Waals surface area contributed by atoms with Crippen molar-refractivity contribution in [1.82, 2.24) is 14.5 Å². The molecule has 0 amide bonds. The zero-order valence-corrected chi connectivity index (χ0v) is 21.5. The molecule has 0 saturated carbocycles. The van der Waals surface area contributed by atoms with Gasteiger partial charge in [-0.2, -0.15) is 0 Å². The molecule has 2 unspecified atom stereocenters. The van der Waals surface area contributed by atoms with E-state index < -0.39 is 12.0 Å². The molecule has 2 heterocycles. The highest BCUT2D eigenvalue weighted by Crippen LogP contribution is 2.34. The SMILES string of the molecule is COc1cccc(-c2ccc(Cn3ccc4c(C5=CCC(CC(N)C(=O)O)CC5)ncnc43)cc2)c1.Cl. The molecule has 1 aliphatic carbocycles. The van der Waals surface area contributed by atoms with E-state index in [2.05, 4.69) is 63.2 Å². The number of nitrogens with two attached hydrogens (primary N) is 1. The summed E-state index contributed by atoms with van der Waals surface area (Å²) >= 11 is 0. The van der Waals surface area contributed by atoms with Crippen LogP contribution >= 0.6 is 12.4 Å². The van der Waals surface area contributed by atoms with Gasteiger partial charge in [-0.15, -0.1) is 12.4 Å². The van der Waals surface area contributed by atoms with Crippen LogP contribution in [0.15, 0.2) is 73.2 Å². The number of fused-ring (bicyclic) bond motifs is 1. The van der Waals surface area contributed by atoms with Crippen molar-refractivity contribution in [3.63, 3.8) is 0 Å². The first-order valence-corrected chi connectivity index (χ1v) is 12.2. The van der Waals surface area contributed by atoms with Crippen molar-refractivity contribution in [3.05, 3.63) is 84.5 Å². The molecule has 0 saturated heterocycles. The van der Waals surface area contributed by atoms with Gasteiger partial charge in [0.25, 0.3) is 0 Å². The zero-order chi connectivity index (χ0) is 25.1. The molecule has 37 heavy (non-hydrogen) atoms. The lowest BCUT2D eigenvalue weighted by Gasteiger charge is -2.23. The van der Waals surface area contributed by atoms with Gasteiger partial charge in [-0.3, -0.25) is 4.79 Å². The van der Waals surface area contributed by atoms with Gasteiger partial charge in [0.15, 0.2) is 0 Å². The van der Waals surface area contributed by atoms with E-state index in [-0.39, 0.29) is 12.4 Å². The fourth-order valence-electron chi connectivity index (χ4n) is 4.97. The lowest BCUT2D eigenvalue weighted by atomic mass is 9.84. The second kappa shape index (κ2) is 11.6. The third kappa shape index (κ3) is 5.84. The minimum absolute atomic E-state index is 0. The van der Waals surface area contributed by atoms with Gasteiger partial charge in [-0.1, -0.05) is 42.5 Å². The maximum absolute atomic E-state index is 11.1. The molecule has 0 spiro atoms. The Bertz CT molecular complexity index is 1410. The normalized spacial score (nSPS) is 16.1. The lowest BCUT2D eigenvalue weighted by molar-refractivity contribution is -0.138. The van der Waals surface area contributed by atoms with Crippen molar-refractivity contribution < 1.29 is 14.6 Å². The molecule has 2 aromatic carbocycles. The van der Waals surface area contributed by atoms with Crippen LogP contribution < -0.4 is 10.5 Å². The van der Waals surface area contributed by atoms with Crippen LogP contribution in [0.1, 0.15) is 36.9 Å². The molecule has 5 rings (SSSR count). The minimum atomic E-state index is -0.932. The van der Waals surface area contributed by atoms with Crippen molar-refractivity contribution in [3.8, 4) is 16.9 Å². The highest BCUT2D eigenvalue weighted by molar-refractivity contribution is 5.88. The number of hydrogen-bond donors (Lipinski definition) is 2. The number of halogens is 1. The van der Waals surface area contributed by atoms with Crippen LogP contribution in [0.5, 0.6) is 5.75 Å². The molecule has 0 fully saturated rings. The number of allylic oxidation sites excluding steroid dienone is 2. The summed E-state index contributed by atoms with van der Waals surface area (Å²) in [6.07, 6.45) is 9.00. The molecular formula is C29H31ClN4O3. The number of aliphatic carboxylic acids is 1. The first kappa shape index (κ1) is 26.4. The number of rotatable bonds is 8. The zero-order valence-electron chi connectivity index (χ0n) is 20.7. The van der Waals surface area contributed by atoms with Gasteiger partial charge in [0, 0.05) is 18.1 Å². The molecule has 1 aliphatic rings. The van der Waals surface area contributed by atoms with Crippen LogP contribution in [0.3, 0.4) is 0 Å². The van der Waals surface area contributed by atoms with E-state index >= 15 is 0 Å². The topological polar surface area (TPSA) is 103 Å². The Kier molecular flexibility index (Phi) is 8.26. The number of nitrogens with zero attached hydrogens (tertiary/aromatic N) is 3. The van der Waals surface area contributed by atoms with Crippen LogP contribution in [0.2, 0.25) is 0 Å². The fourth-order valence-corrected chi connectivity index (χ4v) is 4.97. The van der Waals surface area contributed by atoms with Gasteiger partial charge >= 0.3 is 5.97 Å². The maximum atomic E-state index is 11.1. The van der Waals surface area contributed by atoms with E-state index in [0.29, 0.717) is 18.9 Å². The summed E-state index contributed by atoms with van der Waals surface area (Å²) in [7, 11) is 1.68. The van der Waals surface area contributed by atoms with E-state index in [9.17, 15) is 4.79 Å². The lowest BCUT2D eigenvalue weighted by Crippen LogP contribution is -2.32. The van der Waals surface area contributed by atoms with Crippen LogP contribution in [0.4, 0.5) is 0 Å². The highest BCUT2D eigenvalue weighted by atomic mass is 35.5. The molecule has 2 atom stereocenters. The number of carboxylic acids is 1. The molecule has 4 aromatic rings. The smallest absolute Gasteiger partial charge is 0.320 e. The number of carboxylic acid groups (broad SMARTS) is 1. The second-order valence-corrected chi connectivity index (χ2v) is 9.38. The van der Waals surface area contributed by atoms with Crippen LogP contribution in [-0.4, -0.2) is 38.8 Å². The largest absolute Gasteiger partial charge is 0.497 e. The maximum Gasteiger partial charge on any atom is 0.320 e. The summed E-state index contributed by atoms with van der Waals surface area (Å²) in [6.45, 7) is 0.715. The predicted molar refractivity (Wildman–Crippen MR) is 148 cm³/mol. The number of ether oxygens (including phenoxy) is 1. The Morgan fingerprint density at radius 1 is 1.16 bits per heavy atom. The van der Waals surface area contributed by atoms with E-state index in [1.807, 2.05) is 18.2 Å². The monoisotopic (exact) mass is 518 g/mol. The Labute approximate surface area is 222 Å². The summed E-state index contributed by atoms with van der Waals surface area (Å²) in [5.74, 6) is 0.207. The quantitative estimate of drug-likeness (QED) is 0.316. The average Bonchev–Trinajstić information content (AvgIpc) is 3.32. The average molecular weight is 519 g/mol. The molecule has 2 aromatic heterocycles. The van der Waals surface area contributed by atoms with E-state index in [1.54, 1.807) is 13.4 Å². The molecule has 3 N–H and O–H groups in total.